The monoisotopic (exact) mass is 521 g/mol. The number of pyridine rings is 1. The van der Waals surface area contributed by atoms with Gasteiger partial charge in [-0.15, -0.1) is 0 Å². The van der Waals surface area contributed by atoms with Gasteiger partial charge in [-0.1, -0.05) is 19.9 Å². The maximum Gasteiger partial charge on any atom is 0.409 e. The lowest BCUT2D eigenvalue weighted by molar-refractivity contribution is -0.142. The zero-order chi connectivity index (χ0) is 27.4. The van der Waals surface area contributed by atoms with E-state index in [0.29, 0.717) is 50.3 Å². The minimum Gasteiger partial charge on any atom is -0.507 e. The number of rotatable bonds is 7. The largest absolute Gasteiger partial charge is 0.507 e. The number of aliphatic hydroxyl groups excluding tert-OH is 1. The van der Waals surface area contributed by atoms with E-state index in [2.05, 4.69) is 4.98 Å². The van der Waals surface area contributed by atoms with E-state index in [1.165, 1.54) is 0 Å². The molecule has 2 aromatic rings. The number of ketones is 1. The zero-order valence-corrected chi connectivity index (χ0v) is 22.3. The summed E-state index contributed by atoms with van der Waals surface area (Å²) < 4.78 is 10.9. The summed E-state index contributed by atoms with van der Waals surface area (Å²) in [6.45, 7) is 9.32. The van der Waals surface area contributed by atoms with Crippen molar-refractivity contribution < 1.29 is 29.0 Å². The number of carbonyl (C=O) groups is 3. The molecule has 9 nitrogen and oxygen atoms in total. The number of carbonyl (C=O) groups excluding carboxylic acids is 3. The first-order valence-corrected chi connectivity index (χ1v) is 13.2. The highest BCUT2D eigenvalue weighted by Crippen LogP contribution is 2.42. The van der Waals surface area contributed by atoms with Gasteiger partial charge < -0.3 is 24.4 Å². The summed E-state index contributed by atoms with van der Waals surface area (Å²) in [6.07, 6.45) is 3.83. The van der Waals surface area contributed by atoms with Gasteiger partial charge in [-0.05, 0) is 68.0 Å². The van der Waals surface area contributed by atoms with E-state index >= 15 is 0 Å². The van der Waals surface area contributed by atoms with Crippen molar-refractivity contribution in [2.45, 2.75) is 58.5 Å². The van der Waals surface area contributed by atoms with Crippen molar-refractivity contribution in [2.75, 3.05) is 26.3 Å². The summed E-state index contributed by atoms with van der Waals surface area (Å²) in [5, 5.41) is 11.5. The fraction of sp³-hybridized carbons (Fsp3) is 0.448. The molecular formula is C29H35N3O6. The van der Waals surface area contributed by atoms with Crippen LogP contribution in [0.3, 0.4) is 0 Å². The number of benzene rings is 1. The Morgan fingerprint density at radius 3 is 2.47 bits per heavy atom. The van der Waals surface area contributed by atoms with Crippen molar-refractivity contribution in [3.63, 3.8) is 0 Å². The highest BCUT2D eigenvalue weighted by molar-refractivity contribution is 6.46. The first-order valence-electron chi connectivity index (χ1n) is 13.2. The lowest BCUT2D eigenvalue weighted by Crippen LogP contribution is -2.48. The number of piperidine rings is 1. The Balaban J connectivity index is 1.75. The van der Waals surface area contributed by atoms with Crippen LogP contribution in [0.15, 0.2) is 48.3 Å². The van der Waals surface area contributed by atoms with Gasteiger partial charge in [0.15, 0.2) is 0 Å². The predicted octanol–water partition coefficient (Wildman–Crippen LogP) is 4.65. The standard InChI is InChI=1S/C29H35N3O6/c1-5-37-23-10-9-19(16-22(23)18(3)4)26(33)24-25(20-8-7-13-30-17-20)32(28(35)27(24)34)21-11-14-31(15-12-21)29(36)38-6-2/h7-10,13,16-18,21,25,33H,5-6,11-12,14-15H2,1-4H3/b26-24+. The summed E-state index contributed by atoms with van der Waals surface area (Å²) in [7, 11) is 0. The molecule has 1 N–H and O–H groups in total. The van der Waals surface area contributed by atoms with Crippen molar-refractivity contribution in [3.8, 4) is 5.75 Å². The first kappa shape index (κ1) is 27.2. The number of likely N-dealkylation sites (tertiary alicyclic amines) is 2. The topological polar surface area (TPSA) is 109 Å². The Bertz CT molecular complexity index is 1220. The second-order valence-corrected chi connectivity index (χ2v) is 9.75. The number of nitrogens with zero attached hydrogens (tertiary/aromatic N) is 3. The lowest BCUT2D eigenvalue weighted by atomic mass is 9.93. The van der Waals surface area contributed by atoms with Crippen molar-refractivity contribution in [3.05, 3.63) is 65.0 Å². The van der Waals surface area contributed by atoms with Crippen LogP contribution in [0.1, 0.15) is 69.2 Å². The first-order chi connectivity index (χ1) is 18.3. The van der Waals surface area contributed by atoms with Gasteiger partial charge in [0.05, 0.1) is 24.8 Å². The Morgan fingerprint density at radius 2 is 1.87 bits per heavy atom. The Labute approximate surface area is 223 Å². The van der Waals surface area contributed by atoms with Gasteiger partial charge in [0.1, 0.15) is 11.5 Å². The van der Waals surface area contributed by atoms with Crippen molar-refractivity contribution in [2.24, 2.45) is 0 Å². The summed E-state index contributed by atoms with van der Waals surface area (Å²) in [6, 6.07) is 7.76. The summed E-state index contributed by atoms with van der Waals surface area (Å²) in [5.41, 5.74) is 2.02. The van der Waals surface area contributed by atoms with E-state index in [9.17, 15) is 19.5 Å². The van der Waals surface area contributed by atoms with Crippen molar-refractivity contribution in [1.29, 1.82) is 0 Å². The molecule has 0 bridgehead atoms. The highest BCUT2D eigenvalue weighted by Gasteiger charge is 2.49. The molecule has 2 fully saturated rings. The smallest absolute Gasteiger partial charge is 0.409 e. The average molecular weight is 522 g/mol. The molecule has 9 heteroatoms. The second kappa shape index (κ2) is 11.7. The third-order valence-electron chi connectivity index (χ3n) is 7.07. The SMILES string of the molecule is CCOC(=O)N1CCC(N2C(=O)C(=O)/C(=C(/O)c3ccc(OCC)c(C(C)C)c3)C2c2cccnc2)CC1. The van der Waals surface area contributed by atoms with Crippen LogP contribution in [0.25, 0.3) is 5.76 Å². The molecule has 1 aromatic carbocycles. The molecular weight excluding hydrogens is 486 g/mol. The van der Waals surface area contributed by atoms with Crippen molar-refractivity contribution >= 4 is 23.5 Å². The number of ether oxygens (including phenoxy) is 2. The number of aliphatic hydroxyl groups is 1. The number of aromatic nitrogens is 1. The van der Waals surface area contributed by atoms with Gasteiger partial charge >= 0.3 is 6.09 Å². The van der Waals surface area contributed by atoms with Crippen LogP contribution in [-0.2, 0) is 14.3 Å². The molecule has 2 saturated heterocycles. The molecule has 2 aliphatic rings. The molecule has 1 unspecified atom stereocenters. The van der Waals surface area contributed by atoms with Gasteiger partial charge in [0.2, 0.25) is 0 Å². The van der Waals surface area contributed by atoms with Crippen LogP contribution in [0.5, 0.6) is 5.75 Å². The molecule has 0 spiro atoms. The Morgan fingerprint density at radius 1 is 1.13 bits per heavy atom. The molecule has 4 rings (SSSR count). The van der Waals surface area contributed by atoms with Crippen LogP contribution in [0.2, 0.25) is 0 Å². The summed E-state index contributed by atoms with van der Waals surface area (Å²) in [4.78, 5) is 46.5. The molecule has 1 atom stereocenters. The molecule has 2 aliphatic heterocycles. The van der Waals surface area contributed by atoms with Crippen LogP contribution in [0.4, 0.5) is 4.79 Å². The number of hydrogen-bond acceptors (Lipinski definition) is 7. The van der Waals surface area contributed by atoms with E-state index in [1.807, 2.05) is 26.8 Å². The number of Topliss-reactive ketones (excluding diaryl/α,β-unsaturated/α-hetero) is 1. The normalized spacial score (nSPS) is 19.8. The molecule has 3 heterocycles. The summed E-state index contributed by atoms with van der Waals surface area (Å²) >= 11 is 0. The Hall–Kier alpha value is -3.88. The van der Waals surface area contributed by atoms with Crippen LogP contribution < -0.4 is 4.74 Å². The minimum absolute atomic E-state index is 0.0367. The number of hydrogen-bond donors (Lipinski definition) is 1. The lowest BCUT2D eigenvalue weighted by Gasteiger charge is -2.38. The minimum atomic E-state index is -0.795. The second-order valence-electron chi connectivity index (χ2n) is 9.75. The fourth-order valence-electron chi connectivity index (χ4n) is 5.22. The van der Waals surface area contributed by atoms with E-state index in [0.717, 1.165) is 11.3 Å². The van der Waals surface area contributed by atoms with Gasteiger partial charge in [0.25, 0.3) is 11.7 Å². The van der Waals surface area contributed by atoms with Crippen molar-refractivity contribution in [1.82, 2.24) is 14.8 Å². The van der Waals surface area contributed by atoms with Gasteiger partial charge in [0, 0.05) is 37.1 Å². The van der Waals surface area contributed by atoms with Gasteiger partial charge in [-0.25, -0.2) is 4.79 Å². The predicted molar refractivity (Wildman–Crippen MR) is 142 cm³/mol. The third kappa shape index (κ3) is 5.23. The molecule has 38 heavy (non-hydrogen) atoms. The number of amides is 2. The zero-order valence-electron chi connectivity index (χ0n) is 22.3. The fourth-order valence-corrected chi connectivity index (χ4v) is 5.22. The van der Waals surface area contributed by atoms with Gasteiger partial charge in [-0.2, -0.15) is 0 Å². The quantitative estimate of drug-likeness (QED) is 0.321. The molecule has 0 radical (unpaired) electrons. The van der Waals surface area contributed by atoms with E-state index in [-0.39, 0.29) is 29.4 Å². The third-order valence-corrected chi connectivity index (χ3v) is 7.07. The van der Waals surface area contributed by atoms with Gasteiger partial charge in [-0.3, -0.25) is 14.6 Å². The average Bonchev–Trinajstić information content (AvgIpc) is 3.19. The molecule has 202 valence electrons. The molecule has 1 aromatic heterocycles. The van der Waals surface area contributed by atoms with E-state index in [1.54, 1.807) is 53.4 Å². The maximum absolute atomic E-state index is 13.5. The molecule has 0 aliphatic carbocycles. The highest BCUT2D eigenvalue weighted by atomic mass is 16.6. The summed E-state index contributed by atoms with van der Waals surface area (Å²) in [5.74, 6) is -0.787. The van der Waals surface area contributed by atoms with E-state index in [4.69, 9.17) is 9.47 Å². The van der Waals surface area contributed by atoms with Crippen LogP contribution in [-0.4, -0.2) is 70.0 Å². The molecule has 2 amide bonds. The van der Waals surface area contributed by atoms with Crippen LogP contribution in [0, 0.1) is 0 Å². The Kier molecular flexibility index (Phi) is 8.34. The molecule has 0 saturated carbocycles. The van der Waals surface area contributed by atoms with Crippen LogP contribution >= 0.6 is 0 Å². The van der Waals surface area contributed by atoms with E-state index < -0.39 is 17.7 Å². The maximum atomic E-state index is 13.5.